The second kappa shape index (κ2) is 7.44. The molecule has 0 unspecified atom stereocenters. The molecule has 0 atom stereocenters. The number of hydrogen-bond donors (Lipinski definition) is 1. The van der Waals surface area contributed by atoms with E-state index in [4.69, 9.17) is 0 Å². The van der Waals surface area contributed by atoms with Gasteiger partial charge in [-0.3, -0.25) is 4.90 Å². The molecule has 1 aliphatic heterocycles. The molecule has 7 nitrogen and oxygen atoms in total. The van der Waals surface area contributed by atoms with E-state index in [0.717, 1.165) is 6.07 Å². The van der Waals surface area contributed by atoms with Crippen molar-refractivity contribution in [1.29, 1.82) is 0 Å². The Morgan fingerprint density at radius 3 is 2.29 bits per heavy atom. The van der Waals surface area contributed by atoms with E-state index in [0.29, 0.717) is 38.3 Å². The average molecular weight is 379 g/mol. The number of nitrogens with one attached hydrogen (secondary N) is 1. The molecular formula is C14H22FN3O4S2. The van der Waals surface area contributed by atoms with E-state index in [-0.39, 0.29) is 11.4 Å². The normalized spacial score (nSPS) is 18.0. The molecule has 0 radical (unpaired) electrons. The van der Waals surface area contributed by atoms with Crippen LogP contribution in [0.4, 0.5) is 4.39 Å². The standard InChI is InChI=1S/C14H22FN3O4S2/c1-12-11-13(15)3-4-14(12)24(21,22)16-5-6-17-7-9-18(10-8-17)23(2,19)20/h3-4,11,16H,5-10H2,1-2H3. The van der Waals surface area contributed by atoms with E-state index in [2.05, 4.69) is 4.72 Å². The van der Waals surface area contributed by atoms with E-state index in [1.807, 2.05) is 4.90 Å². The van der Waals surface area contributed by atoms with Crippen LogP contribution < -0.4 is 4.72 Å². The monoisotopic (exact) mass is 379 g/mol. The van der Waals surface area contributed by atoms with Gasteiger partial charge >= 0.3 is 0 Å². The Morgan fingerprint density at radius 2 is 1.75 bits per heavy atom. The number of nitrogens with zero attached hydrogens (tertiary/aromatic N) is 2. The third-order valence-corrected chi connectivity index (χ3v) is 6.87. The van der Waals surface area contributed by atoms with Crippen molar-refractivity contribution < 1.29 is 21.2 Å². The Balaban J connectivity index is 1.86. The van der Waals surface area contributed by atoms with E-state index in [1.165, 1.54) is 22.7 Å². The molecule has 136 valence electrons. The van der Waals surface area contributed by atoms with Crippen molar-refractivity contribution in [3.8, 4) is 0 Å². The van der Waals surface area contributed by atoms with Crippen LogP contribution in [0.25, 0.3) is 0 Å². The topological polar surface area (TPSA) is 86.8 Å². The Labute approximate surface area is 142 Å². The summed E-state index contributed by atoms with van der Waals surface area (Å²) in [6.07, 6.45) is 1.18. The summed E-state index contributed by atoms with van der Waals surface area (Å²) in [6, 6.07) is 3.54. The third-order valence-electron chi connectivity index (χ3n) is 3.95. The first-order valence-corrected chi connectivity index (χ1v) is 10.9. The van der Waals surface area contributed by atoms with Crippen LogP contribution in [0.1, 0.15) is 5.56 Å². The fraction of sp³-hybridized carbons (Fsp3) is 0.571. The van der Waals surface area contributed by atoms with Gasteiger partial charge in [-0.05, 0) is 30.7 Å². The molecule has 1 aromatic rings. The van der Waals surface area contributed by atoms with Crippen molar-refractivity contribution in [1.82, 2.24) is 13.9 Å². The maximum atomic E-state index is 13.1. The summed E-state index contributed by atoms with van der Waals surface area (Å²) in [5.74, 6) is -0.477. The quantitative estimate of drug-likeness (QED) is 0.751. The lowest BCUT2D eigenvalue weighted by atomic mass is 10.2. The summed E-state index contributed by atoms with van der Waals surface area (Å²) in [5, 5.41) is 0. The molecule has 0 saturated carbocycles. The van der Waals surface area contributed by atoms with E-state index in [9.17, 15) is 21.2 Å². The van der Waals surface area contributed by atoms with E-state index >= 15 is 0 Å². The minimum absolute atomic E-state index is 0.0609. The molecule has 2 rings (SSSR count). The lowest BCUT2D eigenvalue weighted by Crippen LogP contribution is -2.49. The fourth-order valence-electron chi connectivity index (χ4n) is 2.61. The second-order valence-corrected chi connectivity index (χ2v) is 9.53. The molecule has 1 fully saturated rings. The van der Waals surface area contributed by atoms with Crippen molar-refractivity contribution in [3.05, 3.63) is 29.6 Å². The van der Waals surface area contributed by atoms with Gasteiger partial charge < -0.3 is 0 Å². The molecule has 1 saturated heterocycles. The highest BCUT2D eigenvalue weighted by atomic mass is 32.2. The summed E-state index contributed by atoms with van der Waals surface area (Å²) in [5.41, 5.74) is 0.351. The van der Waals surface area contributed by atoms with E-state index in [1.54, 1.807) is 6.92 Å². The van der Waals surface area contributed by atoms with E-state index < -0.39 is 25.9 Å². The smallest absolute Gasteiger partial charge is 0.240 e. The molecule has 1 heterocycles. The number of hydrogen-bond acceptors (Lipinski definition) is 5. The van der Waals surface area contributed by atoms with Crippen molar-refractivity contribution in [2.45, 2.75) is 11.8 Å². The first kappa shape index (κ1) is 19.3. The molecule has 0 aromatic heterocycles. The van der Waals surface area contributed by atoms with Crippen LogP contribution in [0, 0.1) is 12.7 Å². The summed E-state index contributed by atoms with van der Waals surface area (Å²) in [6.45, 7) is 4.16. The van der Waals surface area contributed by atoms with Crippen LogP contribution in [0.3, 0.4) is 0 Å². The van der Waals surface area contributed by atoms with Crippen molar-refractivity contribution in [2.24, 2.45) is 0 Å². The Kier molecular flexibility index (Phi) is 5.97. The molecule has 1 N–H and O–H groups in total. The van der Waals surface area contributed by atoms with Gasteiger partial charge in [-0.2, -0.15) is 4.31 Å². The van der Waals surface area contributed by atoms with Gasteiger partial charge in [-0.1, -0.05) is 0 Å². The van der Waals surface area contributed by atoms with Gasteiger partial charge in [0, 0.05) is 39.3 Å². The first-order valence-electron chi connectivity index (χ1n) is 7.53. The first-order chi connectivity index (χ1) is 11.1. The number of piperazine rings is 1. The summed E-state index contributed by atoms with van der Waals surface area (Å²) in [7, 11) is -6.87. The highest BCUT2D eigenvalue weighted by Crippen LogP contribution is 2.15. The van der Waals surface area contributed by atoms with Crippen LogP contribution in [0.2, 0.25) is 0 Å². The zero-order valence-electron chi connectivity index (χ0n) is 13.7. The minimum Gasteiger partial charge on any atom is -0.299 e. The zero-order chi connectivity index (χ0) is 18.0. The van der Waals surface area contributed by atoms with Gasteiger partial charge in [0.2, 0.25) is 20.0 Å². The van der Waals surface area contributed by atoms with Crippen molar-refractivity contribution in [3.63, 3.8) is 0 Å². The third kappa shape index (κ3) is 4.96. The zero-order valence-corrected chi connectivity index (χ0v) is 15.3. The Hall–Kier alpha value is -1.07. The van der Waals surface area contributed by atoms with Gasteiger partial charge in [0.05, 0.1) is 11.2 Å². The number of rotatable bonds is 6. The largest absolute Gasteiger partial charge is 0.299 e. The van der Waals surface area contributed by atoms with Gasteiger partial charge in [0.15, 0.2) is 0 Å². The van der Waals surface area contributed by atoms with Gasteiger partial charge in [-0.25, -0.2) is 25.9 Å². The second-order valence-electron chi connectivity index (χ2n) is 5.81. The molecule has 24 heavy (non-hydrogen) atoms. The average Bonchev–Trinajstić information content (AvgIpc) is 2.46. The Bertz CT molecular complexity index is 788. The lowest BCUT2D eigenvalue weighted by molar-refractivity contribution is 0.192. The SMILES string of the molecule is Cc1cc(F)ccc1S(=O)(=O)NCCN1CCN(S(C)(=O)=O)CC1. The predicted octanol–water partition coefficient (Wildman–Crippen LogP) is -0.0104. The maximum absolute atomic E-state index is 13.1. The minimum atomic E-state index is -3.69. The molecule has 10 heteroatoms. The number of halogens is 1. The highest BCUT2D eigenvalue weighted by molar-refractivity contribution is 7.89. The maximum Gasteiger partial charge on any atom is 0.240 e. The van der Waals surface area contributed by atoms with Gasteiger partial charge in [0.25, 0.3) is 0 Å². The van der Waals surface area contributed by atoms with Crippen LogP contribution in [0.15, 0.2) is 23.1 Å². The van der Waals surface area contributed by atoms with Crippen LogP contribution in [0.5, 0.6) is 0 Å². The predicted molar refractivity (Wildman–Crippen MR) is 89.2 cm³/mol. The van der Waals surface area contributed by atoms with Crippen molar-refractivity contribution in [2.75, 3.05) is 45.5 Å². The number of sulfonamides is 2. The summed E-state index contributed by atoms with van der Waals surface area (Å²) >= 11 is 0. The van der Waals surface area contributed by atoms with Crippen LogP contribution in [-0.2, 0) is 20.0 Å². The summed E-state index contributed by atoms with van der Waals surface area (Å²) in [4.78, 5) is 2.06. The molecular weight excluding hydrogens is 357 g/mol. The van der Waals surface area contributed by atoms with Crippen molar-refractivity contribution >= 4 is 20.0 Å². The fourth-order valence-corrected chi connectivity index (χ4v) is 4.69. The molecule has 0 amide bonds. The van der Waals surface area contributed by atoms with Gasteiger partial charge in [-0.15, -0.1) is 0 Å². The molecule has 0 bridgehead atoms. The molecule has 0 aliphatic carbocycles. The molecule has 0 spiro atoms. The Morgan fingerprint density at radius 1 is 1.12 bits per heavy atom. The summed E-state index contributed by atoms with van der Waals surface area (Å²) < 4.78 is 64.4. The van der Waals surface area contributed by atoms with Crippen LogP contribution >= 0.6 is 0 Å². The highest BCUT2D eigenvalue weighted by Gasteiger charge is 2.23. The van der Waals surface area contributed by atoms with Gasteiger partial charge in [0.1, 0.15) is 5.82 Å². The molecule has 1 aromatic carbocycles. The number of aryl methyl sites for hydroxylation is 1. The molecule has 1 aliphatic rings. The number of benzene rings is 1. The van der Waals surface area contributed by atoms with Crippen LogP contribution in [-0.4, -0.2) is 71.6 Å². The lowest BCUT2D eigenvalue weighted by Gasteiger charge is -2.33.